The largest absolute Gasteiger partial charge is 0.347 e. The fourth-order valence-corrected chi connectivity index (χ4v) is 5.43. The average Bonchev–Trinajstić information content (AvgIpc) is 3.21. The number of likely N-dealkylation sites (tertiary alicyclic amines) is 2. The first-order chi connectivity index (χ1) is 14.5. The number of carbonyl (C=O) groups is 2. The summed E-state index contributed by atoms with van der Waals surface area (Å²) >= 11 is 0. The van der Waals surface area contributed by atoms with Crippen LogP contribution in [-0.4, -0.2) is 85.4 Å². The molecule has 2 fully saturated rings. The second-order valence-corrected chi connectivity index (χ2v) is 9.44. The molecule has 1 atom stereocenters. The molecule has 0 saturated carbocycles. The van der Waals surface area contributed by atoms with Crippen molar-refractivity contribution in [3.63, 3.8) is 0 Å². The number of amides is 2. The number of fused-ring (bicyclic) bond motifs is 1. The summed E-state index contributed by atoms with van der Waals surface area (Å²) in [4.78, 5) is 31.1. The lowest BCUT2D eigenvalue weighted by Crippen LogP contribution is -2.52. The molecule has 1 aromatic rings. The van der Waals surface area contributed by atoms with E-state index in [2.05, 4.69) is 39.4 Å². The van der Waals surface area contributed by atoms with Gasteiger partial charge in [0.15, 0.2) is 0 Å². The minimum atomic E-state index is -0.0579. The van der Waals surface area contributed by atoms with Crippen LogP contribution in [0.4, 0.5) is 0 Å². The Labute approximate surface area is 180 Å². The fraction of sp³-hybridized carbons (Fsp3) is 0.667. The number of rotatable bonds is 5. The fourth-order valence-electron chi connectivity index (χ4n) is 5.43. The summed E-state index contributed by atoms with van der Waals surface area (Å²) in [6.45, 7) is 4.36. The van der Waals surface area contributed by atoms with Crippen LogP contribution >= 0.6 is 0 Å². The summed E-state index contributed by atoms with van der Waals surface area (Å²) in [6, 6.07) is 10.1. The van der Waals surface area contributed by atoms with Gasteiger partial charge in [0.1, 0.15) is 0 Å². The maximum absolute atomic E-state index is 12.6. The van der Waals surface area contributed by atoms with Crippen molar-refractivity contribution < 1.29 is 9.59 Å². The highest BCUT2D eigenvalue weighted by Gasteiger charge is 2.34. The third-order valence-corrected chi connectivity index (χ3v) is 7.30. The number of nitrogens with zero attached hydrogens (tertiary/aromatic N) is 3. The zero-order valence-corrected chi connectivity index (χ0v) is 18.5. The second-order valence-electron chi connectivity index (χ2n) is 9.44. The molecule has 1 aliphatic carbocycles. The zero-order chi connectivity index (χ0) is 21.1. The number of likely N-dealkylation sites (N-methyl/N-ethyl adjacent to an activating group) is 1. The minimum Gasteiger partial charge on any atom is -0.347 e. The van der Waals surface area contributed by atoms with E-state index in [-0.39, 0.29) is 24.3 Å². The molecule has 0 aromatic heterocycles. The quantitative estimate of drug-likeness (QED) is 0.797. The monoisotopic (exact) mass is 412 g/mol. The van der Waals surface area contributed by atoms with Crippen LogP contribution in [0.3, 0.4) is 0 Å². The number of carbonyl (C=O) groups excluding carboxylic acids is 2. The summed E-state index contributed by atoms with van der Waals surface area (Å²) in [5, 5.41) is 2.84. The topological polar surface area (TPSA) is 55.9 Å². The third-order valence-electron chi connectivity index (χ3n) is 7.30. The van der Waals surface area contributed by atoms with Crippen molar-refractivity contribution in [1.82, 2.24) is 20.0 Å². The standard InChI is InChI=1S/C24H36N4O2/c1-26(2)23(29)16-25-24(30)20-8-5-11-28(17-20)21-9-12-27(13-10-21)22-14-18-6-3-4-7-19(18)15-22/h3-4,6-7,20-22H,5,8-17H2,1-2H3,(H,25,30)/t20-/m0/s1. The average molecular weight is 413 g/mol. The van der Waals surface area contributed by atoms with Crippen LogP contribution in [0, 0.1) is 5.92 Å². The summed E-state index contributed by atoms with van der Waals surface area (Å²) in [6.07, 6.45) is 6.77. The summed E-state index contributed by atoms with van der Waals surface area (Å²) in [7, 11) is 3.43. The molecule has 2 aliphatic heterocycles. The van der Waals surface area contributed by atoms with E-state index < -0.39 is 0 Å². The Morgan fingerprint density at radius 1 is 0.967 bits per heavy atom. The Morgan fingerprint density at radius 3 is 2.27 bits per heavy atom. The van der Waals surface area contributed by atoms with E-state index in [1.807, 2.05) is 0 Å². The van der Waals surface area contributed by atoms with E-state index in [9.17, 15) is 9.59 Å². The van der Waals surface area contributed by atoms with Crippen LogP contribution in [0.15, 0.2) is 24.3 Å². The highest BCUT2D eigenvalue weighted by molar-refractivity contribution is 5.85. The van der Waals surface area contributed by atoms with E-state index in [4.69, 9.17) is 0 Å². The van der Waals surface area contributed by atoms with Gasteiger partial charge >= 0.3 is 0 Å². The third kappa shape index (κ3) is 4.86. The van der Waals surface area contributed by atoms with E-state index in [1.54, 1.807) is 14.1 Å². The van der Waals surface area contributed by atoms with Gasteiger partial charge < -0.3 is 10.2 Å². The molecule has 1 aromatic carbocycles. The van der Waals surface area contributed by atoms with Gasteiger partial charge in [-0.3, -0.25) is 19.4 Å². The first-order valence-corrected chi connectivity index (χ1v) is 11.5. The molecule has 0 spiro atoms. The van der Waals surface area contributed by atoms with Gasteiger partial charge in [-0.1, -0.05) is 24.3 Å². The highest BCUT2D eigenvalue weighted by Crippen LogP contribution is 2.29. The molecule has 2 saturated heterocycles. The lowest BCUT2D eigenvalue weighted by atomic mass is 9.92. The lowest BCUT2D eigenvalue weighted by Gasteiger charge is -2.43. The van der Waals surface area contributed by atoms with Gasteiger partial charge in [0.2, 0.25) is 11.8 Å². The Bertz CT molecular complexity index is 732. The van der Waals surface area contributed by atoms with Gasteiger partial charge in [-0.05, 0) is 69.3 Å². The van der Waals surface area contributed by atoms with Crippen LogP contribution in [0.2, 0.25) is 0 Å². The van der Waals surface area contributed by atoms with Crippen LogP contribution < -0.4 is 5.32 Å². The van der Waals surface area contributed by atoms with Crippen LogP contribution in [-0.2, 0) is 22.4 Å². The Balaban J connectivity index is 1.24. The molecule has 2 heterocycles. The van der Waals surface area contributed by atoms with Crippen molar-refractivity contribution >= 4 is 11.8 Å². The van der Waals surface area contributed by atoms with E-state index in [0.717, 1.165) is 39.0 Å². The van der Waals surface area contributed by atoms with Gasteiger partial charge in [0, 0.05) is 32.7 Å². The van der Waals surface area contributed by atoms with Gasteiger partial charge in [-0.15, -0.1) is 0 Å². The van der Waals surface area contributed by atoms with Crippen LogP contribution in [0.1, 0.15) is 36.8 Å². The van der Waals surface area contributed by atoms with E-state index in [0.29, 0.717) is 12.1 Å². The van der Waals surface area contributed by atoms with Crippen molar-refractivity contribution in [2.75, 3.05) is 46.8 Å². The van der Waals surface area contributed by atoms with Gasteiger partial charge in [0.25, 0.3) is 0 Å². The summed E-state index contributed by atoms with van der Waals surface area (Å²) in [5.41, 5.74) is 3.06. The number of hydrogen-bond acceptors (Lipinski definition) is 4. The molecule has 0 radical (unpaired) electrons. The first-order valence-electron chi connectivity index (χ1n) is 11.5. The molecule has 30 heavy (non-hydrogen) atoms. The van der Waals surface area contributed by atoms with Crippen molar-refractivity contribution in [1.29, 1.82) is 0 Å². The number of nitrogens with one attached hydrogen (secondary N) is 1. The molecule has 6 heteroatoms. The van der Waals surface area contributed by atoms with Crippen molar-refractivity contribution in [2.24, 2.45) is 5.92 Å². The normalized spacial score (nSPS) is 23.9. The molecule has 6 nitrogen and oxygen atoms in total. The maximum Gasteiger partial charge on any atom is 0.241 e. The molecular weight excluding hydrogens is 376 g/mol. The molecule has 1 N–H and O–H groups in total. The van der Waals surface area contributed by atoms with Gasteiger partial charge in [-0.2, -0.15) is 0 Å². The van der Waals surface area contributed by atoms with Crippen LogP contribution in [0.5, 0.6) is 0 Å². The second kappa shape index (κ2) is 9.48. The number of benzene rings is 1. The van der Waals surface area contributed by atoms with Gasteiger partial charge in [-0.25, -0.2) is 0 Å². The molecule has 2 amide bonds. The Morgan fingerprint density at radius 2 is 1.63 bits per heavy atom. The van der Waals surface area contributed by atoms with E-state index >= 15 is 0 Å². The molecule has 0 bridgehead atoms. The smallest absolute Gasteiger partial charge is 0.241 e. The summed E-state index contributed by atoms with van der Waals surface area (Å²) < 4.78 is 0. The molecule has 3 aliphatic rings. The molecule has 0 unspecified atom stereocenters. The van der Waals surface area contributed by atoms with E-state index in [1.165, 1.54) is 41.7 Å². The lowest BCUT2D eigenvalue weighted by molar-refractivity contribution is -0.133. The minimum absolute atomic E-state index is 0.0103. The zero-order valence-electron chi connectivity index (χ0n) is 18.5. The molecular formula is C24H36N4O2. The maximum atomic E-state index is 12.6. The van der Waals surface area contributed by atoms with Crippen molar-refractivity contribution in [2.45, 2.75) is 50.6 Å². The highest BCUT2D eigenvalue weighted by atomic mass is 16.2. The number of piperidine rings is 2. The predicted octanol–water partition coefficient (Wildman–Crippen LogP) is 1.53. The number of hydrogen-bond donors (Lipinski definition) is 1. The van der Waals surface area contributed by atoms with Crippen LogP contribution in [0.25, 0.3) is 0 Å². The van der Waals surface area contributed by atoms with Crippen molar-refractivity contribution in [3.05, 3.63) is 35.4 Å². The van der Waals surface area contributed by atoms with Crippen molar-refractivity contribution in [3.8, 4) is 0 Å². The first kappa shape index (κ1) is 21.3. The predicted molar refractivity (Wildman–Crippen MR) is 118 cm³/mol. The van der Waals surface area contributed by atoms with Gasteiger partial charge in [0.05, 0.1) is 12.5 Å². The Kier molecular flexibility index (Phi) is 6.74. The Hall–Kier alpha value is -1.92. The molecule has 164 valence electrons. The SMILES string of the molecule is CN(C)C(=O)CNC(=O)[C@H]1CCCN(C2CCN(C3Cc4ccccc4C3)CC2)C1. The summed E-state index contributed by atoms with van der Waals surface area (Å²) in [5.74, 6) is -0.00965. The molecule has 4 rings (SSSR count).